The van der Waals surface area contributed by atoms with Gasteiger partial charge in [0.15, 0.2) is 4.34 Å². The number of benzene rings is 2. The molecular formula is C19H18N4O3S2. The second-order valence-corrected chi connectivity index (χ2v) is 7.96. The molecule has 0 radical (unpaired) electrons. The van der Waals surface area contributed by atoms with Gasteiger partial charge in [-0.1, -0.05) is 53.4 Å². The van der Waals surface area contributed by atoms with Crippen molar-refractivity contribution >= 4 is 45.8 Å². The number of amides is 1. The van der Waals surface area contributed by atoms with Gasteiger partial charge in [-0.15, -0.1) is 10.2 Å². The first-order valence-corrected chi connectivity index (χ1v) is 10.1. The number of carbonyl (C=O) groups excluding carboxylic acids is 2. The largest absolute Gasteiger partial charge is 0.462 e. The quantitative estimate of drug-likeness (QED) is 0.447. The second kappa shape index (κ2) is 9.34. The van der Waals surface area contributed by atoms with E-state index in [2.05, 4.69) is 15.5 Å². The van der Waals surface area contributed by atoms with Crippen LogP contribution >= 0.6 is 23.1 Å². The maximum atomic E-state index is 12.9. The van der Waals surface area contributed by atoms with Crippen molar-refractivity contribution in [2.24, 2.45) is 0 Å². The van der Waals surface area contributed by atoms with Crippen LogP contribution in [-0.4, -0.2) is 28.7 Å². The minimum absolute atomic E-state index is 0.214. The van der Waals surface area contributed by atoms with Crippen LogP contribution in [0.15, 0.2) is 58.9 Å². The summed E-state index contributed by atoms with van der Waals surface area (Å²) in [6.07, 6.45) is 0. The Hall–Kier alpha value is -2.91. The lowest BCUT2D eigenvalue weighted by molar-refractivity contribution is -0.115. The van der Waals surface area contributed by atoms with Gasteiger partial charge in [0.25, 0.3) is 0 Å². The maximum Gasteiger partial charge on any atom is 0.338 e. The van der Waals surface area contributed by atoms with Gasteiger partial charge in [0.05, 0.1) is 12.2 Å². The molecule has 2 aromatic carbocycles. The Morgan fingerprint density at radius 3 is 2.46 bits per heavy atom. The van der Waals surface area contributed by atoms with Crippen LogP contribution in [0.25, 0.3) is 0 Å². The molecule has 9 heteroatoms. The molecule has 1 heterocycles. The number of ether oxygens (including phenoxy) is 1. The van der Waals surface area contributed by atoms with E-state index >= 15 is 0 Å². The van der Waals surface area contributed by atoms with Gasteiger partial charge in [0, 0.05) is 5.69 Å². The van der Waals surface area contributed by atoms with E-state index in [4.69, 9.17) is 10.5 Å². The minimum atomic E-state index is -0.529. The number of nitrogens with two attached hydrogens (primary N) is 1. The van der Waals surface area contributed by atoms with Crippen molar-refractivity contribution in [3.05, 3.63) is 65.7 Å². The zero-order valence-corrected chi connectivity index (χ0v) is 16.6. The van der Waals surface area contributed by atoms with Gasteiger partial charge in [-0.05, 0) is 36.8 Å². The van der Waals surface area contributed by atoms with E-state index in [1.807, 2.05) is 30.3 Å². The van der Waals surface area contributed by atoms with Crippen molar-refractivity contribution < 1.29 is 14.3 Å². The Labute approximate surface area is 170 Å². The molecule has 144 valence electrons. The normalized spacial score (nSPS) is 11.6. The fourth-order valence-electron chi connectivity index (χ4n) is 2.38. The van der Waals surface area contributed by atoms with Crippen LogP contribution in [0.4, 0.5) is 10.8 Å². The molecule has 0 fully saturated rings. The zero-order chi connectivity index (χ0) is 19.9. The average molecular weight is 415 g/mol. The summed E-state index contributed by atoms with van der Waals surface area (Å²) >= 11 is 2.51. The molecule has 7 nitrogen and oxygen atoms in total. The molecule has 1 amide bonds. The molecule has 0 bridgehead atoms. The summed E-state index contributed by atoms with van der Waals surface area (Å²) in [5, 5.41) is 10.5. The lowest BCUT2D eigenvalue weighted by Crippen LogP contribution is -2.19. The standard InChI is InChI=1S/C19H18N4O3S2/c1-2-26-17(25)13-8-10-14(11-9-13)21-16(24)15(12-6-4-3-5-7-12)27-19-23-22-18(20)28-19/h3-11,15H,2H2,1H3,(H2,20,22)(H,21,24)/t15-/m0/s1. The molecule has 0 unspecified atom stereocenters. The Balaban J connectivity index is 1.76. The summed E-state index contributed by atoms with van der Waals surface area (Å²) in [5.41, 5.74) is 7.49. The first-order chi connectivity index (χ1) is 13.6. The maximum absolute atomic E-state index is 12.9. The third kappa shape index (κ3) is 5.08. The number of esters is 1. The summed E-state index contributed by atoms with van der Waals surface area (Å²) < 4.78 is 5.57. The van der Waals surface area contributed by atoms with Gasteiger partial charge in [-0.25, -0.2) is 4.79 Å². The topological polar surface area (TPSA) is 107 Å². The van der Waals surface area contributed by atoms with Gasteiger partial charge >= 0.3 is 5.97 Å². The third-order valence-corrected chi connectivity index (χ3v) is 5.74. The number of nitrogen functional groups attached to an aromatic ring is 1. The van der Waals surface area contributed by atoms with Gasteiger partial charge < -0.3 is 15.8 Å². The van der Waals surface area contributed by atoms with Crippen LogP contribution in [0.5, 0.6) is 0 Å². The van der Waals surface area contributed by atoms with E-state index in [1.165, 1.54) is 23.1 Å². The van der Waals surface area contributed by atoms with Gasteiger partial charge in [-0.3, -0.25) is 4.79 Å². The molecule has 3 N–H and O–H groups in total. The monoisotopic (exact) mass is 414 g/mol. The molecule has 0 saturated heterocycles. The number of carbonyl (C=O) groups is 2. The number of nitrogens with one attached hydrogen (secondary N) is 1. The Bertz CT molecular complexity index is 945. The molecule has 0 saturated carbocycles. The SMILES string of the molecule is CCOC(=O)c1ccc(NC(=O)[C@@H](Sc2nnc(N)s2)c2ccccc2)cc1. The molecule has 1 atom stereocenters. The lowest BCUT2D eigenvalue weighted by Gasteiger charge is -2.15. The second-order valence-electron chi connectivity index (χ2n) is 5.60. The predicted octanol–water partition coefficient (Wildman–Crippen LogP) is 3.77. The Morgan fingerprint density at radius 2 is 1.86 bits per heavy atom. The summed E-state index contributed by atoms with van der Waals surface area (Å²) in [6, 6.07) is 16.0. The van der Waals surface area contributed by atoms with Gasteiger partial charge in [0.1, 0.15) is 5.25 Å². The first kappa shape index (κ1) is 19.8. The van der Waals surface area contributed by atoms with Crippen molar-refractivity contribution in [3.8, 4) is 0 Å². The Morgan fingerprint density at radius 1 is 1.14 bits per heavy atom. The van der Waals surface area contributed by atoms with Crippen molar-refractivity contribution in [3.63, 3.8) is 0 Å². The van der Waals surface area contributed by atoms with E-state index < -0.39 is 11.2 Å². The van der Waals surface area contributed by atoms with E-state index in [1.54, 1.807) is 31.2 Å². The van der Waals surface area contributed by atoms with Crippen molar-refractivity contribution in [1.82, 2.24) is 10.2 Å². The van der Waals surface area contributed by atoms with Crippen molar-refractivity contribution in [1.29, 1.82) is 0 Å². The molecular weight excluding hydrogens is 396 g/mol. The molecule has 3 aromatic rings. The number of anilines is 2. The average Bonchev–Trinajstić information content (AvgIpc) is 3.12. The molecule has 1 aromatic heterocycles. The smallest absolute Gasteiger partial charge is 0.338 e. The number of hydrogen-bond acceptors (Lipinski definition) is 8. The predicted molar refractivity (Wildman–Crippen MR) is 110 cm³/mol. The van der Waals surface area contributed by atoms with E-state index in [0.717, 1.165) is 5.56 Å². The number of rotatable bonds is 7. The first-order valence-electron chi connectivity index (χ1n) is 8.45. The van der Waals surface area contributed by atoms with Crippen LogP contribution in [0.3, 0.4) is 0 Å². The zero-order valence-electron chi connectivity index (χ0n) is 15.0. The van der Waals surface area contributed by atoms with E-state index in [0.29, 0.717) is 27.3 Å². The third-order valence-electron chi connectivity index (χ3n) is 3.64. The molecule has 0 aliphatic carbocycles. The highest BCUT2D eigenvalue weighted by atomic mass is 32.2. The van der Waals surface area contributed by atoms with E-state index in [-0.39, 0.29) is 5.91 Å². The van der Waals surface area contributed by atoms with Gasteiger partial charge in [-0.2, -0.15) is 0 Å². The number of nitrogens with zero attached hydrogens (tertiary/aromatic N) is 2. The van der Waals surface area contributed by atoms with Crippen LogP contribution in [-0.2, 0) is 9.53 Å². The molecule has 0 aliphatic rings. The summed E-state index contributed by atoms with van der Waals surface area (Å²) in [6.45, 7) is 2.06. The molecule has 28 heavy (non-hydrogen) atoms. The summed E-state index contributed by atoms with van der Waals surface area (Å²) in [4.78, 5) is 24.7. The molecule has 0 aliphatic heterocycles. The lowest BCUT2D eigenvalue weighted by atomic mass is 10.1. The highest BCUT2D eigenvalue weighted by molar-refractivity contribution is 8.02. The van der Waals surface area contributed by atoms with E-state index in [9.17, 15) is 9.59 Å². The fraction of sp³-hybridized carbons (Fsp3) is 0.158. The highest BCUT2D eigenvalue weighted by Crippen LogP contribution is 2.38. The highest BCUT2D eigenvalue weighted by Gasteiger charge is 2.24. The Kier molecular flexibility index (Phi) is 6.62. The molecule has 0 spiro atoms. The fourth-order valence-corrected chi connectivity index (χ4v) is 4.21. The van der Waals surface area contributed by atoms with Crippen LogP contribution < -0.4 is 11.1 Å². The van der Waals surface area contributed by atoms with Gasteiger partial charge in [0.2, 0.25) is 11.0 Å². The van der Waals surface area contributed by atoms with Crippen molar-refractivity contribution in [2.45, 2.75) is 16.5 Å². The summed E-state index contributed by atoms with van der Waals surface area (Å²) in [5.74, 6) is -0.610. The summed E-state index contributed by atoms with van der Waals surface area (Å²) in [7, 11) is 0. The van der Waals surface area contributed by atoms with Crippen LogP contribution in [0.1, 0.15) is 28.1 Å². The minimum Gasteiger partial charge on any atom is -0.462 e. The number of hydrogen-bond donors (Lipinski definition) is 2. The van der Waals surface area contributed by atoms with Crippen molar-refractivity contribution in [2.75, 3.05) is 17.7 Å². The van der Waals surface area contributed by atoms with Crippen LogP contribution in [0, 0.1) is 0 Å². The molecule has 3 rings (SSSR count). The number of aromatic nitrogens is 2. The number of thioether (sulfide) groups is 1. The van der Waals surface area contributed by atoms with Crippen LogP contribution in [0.2, 0.25) is 0 Å².